The van der Waals surface area contributed by atoms with Crippen LogP contribution in [0.3, 0.4) is 0 Å². The number of amides is 2. The summed E-state index contributed by atoms with van der Waals surface area (Å²) in [6.45, 7) is 0.0280. The van der Waals surface area contributed by atoms with E-state index in [2.05, 4.69) is 10.5 Å². The first kappa shape index (κ1) is 21.7. The summed E-state index contributed by atoms with van der Waals surface area (Å²) >= 11 is 0. The number of carboxylic acids is 1. The lowest BCUT2D eigenvalue weighted by Gasteiger charge is -2.38. The third-order valence-electron chi connectivity index (χ3n) is 4.15. The summed E-state index contributed by atoms with van der Waals surface area (Å²) in [5, 5.41) is 42.2. The second-order valence-electron chi connectivity index (χ2n) is 6.15. The van der Waals surface area contributed by atoms with Crippen molar-refractivity contribution in [2.24, 2.45) is 16.8 Å². The third kappa shape index (κ3) is 5.71. The lowest BCUT2D eigenvalue weighted by atomic mass is 9.94. The van der Waals surface area contributed by atoms with E-state index >= 15 is 0 Å². The van der Waals surface area contributed by atoms with E-state index in [0.29, 0.717) is 6.42 Å². The predicted molar refractivity (Wildman–Crippen MR) is 96.0 cm³/mol. The number of hydrogen-bond acceptors (Lipinski definition) is 8. The highest BCUT2D eigenvalue weighted by molar-refractivity contribution is 5.73. The number of urea groups is 1. The molecule has 0 bridgehead atoms. The number of carbonyl (C=O) groups is 2. The minimum Gasteiger partial charge on any atom is -0.479 e. The molecule has 6 unspecified atom stereocenters. The number of aliphatic carboxylic acids is 1. The van der Waals surface area contributed by atoms with E-state index < -0.39 is 42.7 Å². The summed E-state index contributed by atoms with van der Waals surface area (Å²) in [6.07, 6.45) is 2.74. The Morgan fingerprint density at radius 1 is 1.25 bits per heavy atom. The molecular formula is C17H23N3O8. The number of carboxylic acid groups (broad SMARTS) is 1. The van der Waals surface area contributed by atoms with Gasteiger partial charge in [0.2, 0.25) is 0 Å². The minimum atomic E-state index is -1.77. The van der Waals surface area contributed by atoms with Gasteiger partial charge in [0, 0.05) is 18.6 Å². The Bertz CT molecular complexity index is 690. The quantitative estimate of drug-likeness (QED) is 0.224. The normalized spacial score (nSPS) is 34.0. The third-order valence-corrected chi connectivity index (χ3v) is 4.15. The van der Waals surface area contributed by atoms with Crippen LogP contribution in [0.5, 0.6) is 0 Å². The van der Waals surface area contributed by atoms with Crippen molar-refractivity contribution >= 4 is 18.2 Å². The number of nitrogens with zero attached hydrogens (tertiary/aromatic N) is 1. The van der Waals surface area contributed by atoms with Gasteiger partial charge in [-0.3, -0.25) is 0 Å². The number of allylic oxidation sites excluding steroid dienone is 4. The Hall–Kier alpha value is -2.57. The van der Waals surface area contributed by atoms with E-state index in [4.69, 9.17) is 20.3 Å². The number of primary amides is 1. The van der Waals surface area contributed by atoms with Crippen LogP contribution < -0.4 is 11.2 Å². The molecule has 7 N–H and O–H groups in total. The molecule has 1 heterocycles. The SMILES string of the molecule is NC(=O)N/N=C/C/C=C1/C=CC=CC1COC1OC(C(=O)O)C(O)C(O)C1O. The van der Waals surface area contributed by atoms with Crippen LogP contribution in [-0.2, 0) is 14.3 Å². The molecule has 0 saturated carbocycles. The zero-order valence-corrected chi connectivity index (χ0v) is 14.8. The molecule has 1 aliphatic heterocycles. The lowest BCUT2D eigenvalue weighted by Crippen LogP contribution is -2.60. The van der Waals surface area contributed by atoms with Crippen LogP contribution in [0.2, 0.25) is 0 Å². The molecule has 0 aromatic carbocycles. The van der Waals surface area contributed by atoms with Crippen molar-refractivity contribution < 1.29 is 39.5 Å². The van der Waals surface area contributed by atoms with Crippen LogP contribution in [0.1, 0.15) is 6.42 Å². The highest BCUT2D eigenvalue weighted by Crippen LogP contribution is 2.25. The maximum Gasteiger partial charge on any atom is 0.335 e. The van der Waals surface area contributed by atoms with E-state index in [0.717, 1.165) is 5.57 Å². The number of rotatable bonds is 7. The molecule has 11 heteroatoms. The summed E-state index contributed by atoms with van der Waals surface area (Å²) in [5.74, 6) is -1.71. The second kappa shape index (κ2) is 10.1. The van der Waals surface area contributed by atoms with Crippen LogP contribution >= 0.6 is 0 Å². The first-order valence-corrected chi connectivity index (χ1v) is 8.47. The van der Waals surface area contributed by atoms with Crippen molar-refractivity contribution in [3.63, 3.8) is 0 Å². The van der Waals surface area contributed by atoms with Gasteiger partial charge in [-0.1, -0.05) is 30.4 Å². The summed E-state index contributed by atoms with van der Waals surface area (Å²) < 4.78 is 10.6. The van der Waals surface area contributed by atoms with Gasteiger partial charge < -0.3 is 35.6 Å². The average Bonchev–Trinajstić information content (AvgIpc) is 2.65. The van der Waals surface area contributed by atoms with Gasteiger partial charge in [-0.15, -0.1) is 0 Å². The molecular weight excluding hydrogens is 374 g/mol. The van der Waals surface area contributed by atoms with Gasteiger partial charge in [0.25, 0.3) is 0 Å². The monoisotopic (exact) mass is 397 g/mol. The minimum absolute atomic E-state index is 0.0280. The number of ether oxygens (including phenoxy) is 2. The molecule has 6 atom stereocenters. The molecule has 0 aromatic rings. The van der Waals surface area contributed by atoms with Crippen LogP contribution in [0.25, 0.3) is 0 Å². The first-order chi connectivity index (χ1) is 13.3. The van der Waals surface area contributed by atoms with Crippen molar-refractivity contribution in [1.82, 2.24) is 5.43 Å². The van der Waals surface area contributed by atoms with Crippen molar-refractivity contribution in [3.8, 4) is 0 Å². The lowest BCUT2D eigenvalue weighted by molar-refractivity contribution is -0.295. The van der Waals surface area contributed by atoms with E-state index in [1.807, 2.05) is 24.3 Å². The molecule has 2 aliphatic rings. The Balaban J connectivity index is 1.96. The molecule has 154 valence electrons. The summed E-state index contributed by atoms with van der Waals surface area (Å²) in [4.78, 5) is 21.7. The van der Waals surface area contributed by atoms with Crippen LogP contribution in [0.4, 0.5) is 4.79 Å². The summed E-state index contributed by atoms with van der Waals surface area (Å²) in [5.41, 5.74) is 7.82. The number of aliphatic hydroxyl groups excluding tert-OH is 3. The number of nitrogens with one attached hydrogen (secondary N) is 1. The Morgan fingerprint density at radius 3 is 2.68 bits per heavy atom. The van der Waals surface area contributed by atoms with Gasteiger partial charge in [0.1, 0.15) is 18.3 Å². The topological polar surface area (TPSA) is 184 Å². The zero-order valence-electron chi connectivity index (χ0n) is 14.8. The van der Waals surface area contributed by atoms with Gasteiger partial charge in [0.15, 0.2) is 12.4 Å². The van der Waals surface area contributed by atoms with Crippen molar-refractivity contribution in [2.75, 3.05) is 6.61 Å². The molecule has 0 spiro atoms. The van der Waals surface area contributed by atoms with Gasteiger partial charge >= 0.3 is 12.0 Å². The molecule has 28 heavy (non-hydrogen) atoms. The van der Waals surface area contributed by atoms with E-state index in [9.17, 15) is 24.9 Å². The Labute approximate surface area is 160 Å². The molecule has 1 fully saturated rings. The molecule has 0 aromatic heterocycles. The molecule has 2 rings (SSSR count). The predicted octanol–water partition coefficient (Wildman–Crippen LogP) is -1.39. The van der Waals surface area contributed by atoms with Gasteiger partial charge in [-0.25, -0.2) is 15.0 Å². The van der Waals surface area contributed by atoms with Gasteiger partial charge in [0.05, 0.1) is 6.61 Å². The van der Waals surface area contributed by atoms with E-state index in [1.165, 1.54) is 6.21 Å². The van der Waals surface area contributed by atoms with Gasteiger partial charge in [-0.05, 0) is 5.57 Å². The highest BCUT2D eigenvalue weighted by atomic mass is 16.7. The van der Waals surface area contributed by atoms with E-state index in [-0.39, 0.29) is 12.5 Å². The van der Waals surface area contributed by atoms with Crippen molar-refractivity contribution in [1.29, 1.82) is 0 Å². The van der Waals surface area contributed by atoms with Crippen molar-refractivity contribution in [2.45, 2.75) is 37.1 Å². The standard InChI is InChI=1S/C17H23N3O8/c18-17(26)20-19-7-3-6-9-4-1-2-5-10(9)8-27-16-13(23)11(21)12(22)14(28-16)15(24)25/h1-2,4-7,10-14,16,21-23H,3,8H2,(H,24,25)(H3,18,20,26)/b9-6-,19-7+. The van der Waals surface area contributed by atoms with Crippen LogP contribution in [0, 0.1) is 5.92 Å². The number of hydrogen-bond donors (Lipinski definition) is 6. The molecule has 1 aliphatic carbocycles. The number of nitrogens with two attached hydrogens (primary N) is 1. The Morgan fingerprint density at radius 2 is 2.00 bits per heavy atom. The molecule has 1 saturated heterocycles. The largest absolute Gasteiger partial charge is 0.479 e. The Kier molecular flexibility index (Phi) is 7.84. The number of hydrazone groups is 1. The molecule has 11 nitrogen and oxygen atoms in total. The zero-order chi connectivity index (χ0) is 20.7. The smallest absolute Gasteiger partial charge is 0.335 e. The highest BCUT2D eigenvalue weighted by Gasteiger charge is 2.47. The maximum absolute atomic E-state index is 11.1. The van der Waals surface area contributed by atoms with Gasteiger partial charge in [-0.2, -0.15) is 5.10 Å². The average molecular weight is 397 g/mol. The number of aliphatic hydroxyl groups is 3. The number of carbonyl (C=O) groups excluding carboxylic acids is 1. The fraction of sp³-hybridized carbons (Fsp3) is 0.471. The van der Waals surface area contributed by atoms with E-state index in [1.54, 1.807) is 6.08 Å². The second-order valence-corrected chi connectivity index (χ2v) is 6.15. The fourth-order valence-electron chi connectivity index (χ4n) is 2.71. The first-order valence-electron chi connectivity index (χ1n) is 8.47. The fourth-order valence-corrected chi connectivity index (χ4v) is 2.71. The van der Waals surface area contributed by atoms with Crippen LogP contribution in [0.15, 0.2) is 41.1 Å². The summed E-state index contributed by atoms with van der Waals surface area (Å²) in [6, 6.07) is -0.770. The van der Waals surface area contributed by atoms with Crippen LogP contribution in [-0.4, -0.2) is 76.0 Å². The van der Waals surface area contributed by atoms with Crippen molar-refractivity contribution in [3.05, 3.63) is 36.0 Å². The molecule has 2 amide bonds. The summed E-state index contributed by atoms with van der Waals surface area (Å²) in [7, 11) is 0. The maximum atomic E-state index is 11.1. The molecule has 0 radical (unpaired) electrons.